The van der Waals surface area contributed by atoms with E-state index in [4.69, 9.17) is 5.73 Å². The van der Waals surface area contributed by atoms with Gasteiger partial charge < -0.3 is 10.6 Å². The summed E-state index contributed by atoms with van der Waals surface area (Å²) in [6.45, 7) is 3.37. The van der Waals surface area contributed by atoms with Crippen LogP contribution in [-0.2, 0) is 11.3 Å². The van der Waals surface area contributed by atoms with Crippen LogP contribution in [0.4, 0.5) is 0 Å². The summed E-state index contributed by atoms with van der Waals surface area (Å²) < 4.78 is 0. The van der Waals surface area contributed by atoms with Gasteiger partial charge in [0, 0.05) is 37.4 Å². The molecule has 1 heterocycles. The summed E-state index contributed by atoms with van der Waals surface area (Å²) in [6, 6.07) is 3.88. The second kappa shape index (κ2) is 5.48. The number of carbonyl (C=O) groups excluding carboxylic acids is 1. The topological polar surface area (TPSA) is 59.2 Å². The lowest BCUT2D eigenvalue weighted by molar-refractivity contribution is -0.133. The number of aromatic nitrogens is 1. The van der Waals surface area contributed by atoms with Crippen LogP contribution in [0.1, 0.15) is 38.2 Å². The van der Waals surface area contributed by atoms with E-state index in [1.807, 2.05) is 24.0 Å². The molecule has 1 saturated carbocycles. The fourth-order valence-electron chi connectivity index (χ4n) is 2.31. The Balaban J connectivity index is 1.93. The van der Waals surface area contributed by atoms with Crippen molar-refractivity contribution in [2.75, 3.05) is 6.54 Å². The van der Waals surface area contributed by atoms with Gasteiger partial charge in [0.25, 0.3) is 0 Å². The van der Waals surface area contributed by atoms with E-state index < -0.39 is 0 Å². The van der Waals surface area contributed by atoms with E-state index in [2.05, 4.69) is 4.98 Å². The molecule has 1 aliphatic carbocycles. The van der Waals surface area contributed by atoms with Gasteiger partial charge in [0.15, 0.2) is 0 Å². The molecule has 4 heteroatoms. The SMILES string of the molecule is CCN(Cc1ccncc1)C(=O)CC1(N)CCC1. The fourth-order valence-corrected chi connectivity index (χ4v) is 2.31. The zero-order valence-corrected chi connectivity index (χ0v) is 10.9. The average Bonchev–Trinajstić information content (AvgIpc) is 2.35. The van der Waals surface area contributed by atoms with E-state index in [1.54, 1.807) is 12.4 Å². The summed E-state index contributed by atoms with van der Waals surface area (Å²) in [7, 11) is 0. The minimum absolute atomic E-state index is 0.163. The van der Waals surface area contributed by atoms with Gasteiger partial charge in [0.05, 0.1) is 0 Å². The number of nitrogens with two attached hydrogens (primary N) is 1. The van der Waals surface area contributed by atoms with Crippen molar-refractivity contribution >= 4 is 5.91 Å². The Kier molecular flexibility index (Phi) is 3.97. The van der Waals surface area contributed by atoms with Gasteiger partial charge in [-0.15, -0.1) is 0 Å². The molecule has 1 aliphatic rings. The summed E-state index contributed by atoms with van der Waals surface area (Å²) in [5.74, 6) is 0.163. The molecule has 4 nitrogen and oxygen atoms in total. The maximum atomic E-state index is 12.2. The van der Waals surface area contributed by atoms with Gasteiger partial charge in [-0.1, -0.05) is 0 Å². The lowest BCUT2D eigenvalue weighted by Crippen LogP contribution is -2.50. The maximum absolute atomic E-state index is 12.2. The predicted molar refractivity (Wildman–Crippen MR) is 70.7 cm³/mol. The molecule has 1 aromatic rings. The number of rotatable bonds is 5. The number of carbonyl (C=O) groups is 1. The Morgan fingerprint density at radius 2 is 2.11 bits per heavy atom. The summed E-state index contributed by atoms with van der Waals surface area (Å²) in [4.78, 5) is 18.1. The van der Waals surface area contributed by atoms with E-state index in [0.29, 0.717) is 13.0 Å². The van der Waals surface area contributed by atoms with Gasteiger partial charge >= 0.3 is 0 Å². The van der Waals surface area contributed by atoms with Gasteiger partial charge in [-0.3, -0.25) is 9.78 Å². The third-order valence-corrected chi connectivity index (χ3v) is 3.71. The summed E-state index contributed by atoms with van der Waals surface area (Å²) >= 11 is 0. The van der Waals surface area contributed by atoms with Crippen molar-refractivity contribution in [3.63, 3.8) is 0 Å². The third-order valence-electron chi connectivity index (χ3n) is 3.71. The molecule has 0 saturated heterocycles. The first-order valence-corrected chi connectivity index (χ1v) is 6.58. The second-order valence-electron chi connectivity index (χ2n) is 5.16. The number of amides is 1. The van der Waals surface area contributed by atoms with E-state index in [-0.39, 0.29) is 11.4 Å². The van der Waals surface area contributed by atoms with Crippen molar-refractivity contribution in [1.29, 1.82) is 0 Å². The number of pyridine rings is 1. The van der Waals surface area contributed by atoms with Crippen LogP contribution in [0.3, 0.4) is 0 Å². The van der Waals surface area contributed by atoms with Crippen molar-refractivity contribution < 1.29 is 4.79 Å². The Morgan fingerprint density at radius 3 is 2.61 bits per heavy atom. The van der Waals surface area contributed by atoms with Crippen molar-refractivity contribution in [3.8, 4) is 0 Å². The van der Waals surface area contributed by atoms with Crippen molar-refractivity contribution in [1.82, 2.24) is 9.88 Å². The highest BCUT2D eigenvalue weighted by Crippen LogP contribution is 2.32. The van der Waals surface area contributed by atoms with E-state index in [0.717, 1.165) is 31.4 Å². The standard InChI is InChI=1S/C14H21N3O/c1-2-17(11-12-4-8-16-9-5-12)13(18)10-14(15)6-3-7-14/h4-5,8-9H,2-3,6-7,10-11,15H2,1H3. The molecule has 2 N–H and O–H groups in total. The van der Waals surface area contributed by atoms with Crippen LogP contribution in [0.5, 0.6) is 0 Å². The van der Waals surface area contributed by atoms with Gasteiger partial charge in [-0.25, -0.2) is 0 Å². The molecule has 0 aliphatic heterocycles. The Hall–Kier alpha value is -1.42. The van der Waals surface area contributed by atoms with E-state index >= 15 is 0 Å². The molecule has 1 amide bonds. The molecule has 0 spiro atoms. The lowest BCUT2D eigenvalue weighted by atomic mass is 9.75. The first-order chi connectivity index (χ1) is 8.63. The van der Waals surface area contributed by atoms with E-state index in [1.165, 1.54) is 0 Å². The molecule has 0 unspecified atom stereocenters. The Morgan fingerprint density at radius 1 is 1.44 bits per heavy atom. The molecule has 0 bridgehead atoms. The largest absolute Gasteiger partial charge is 0.339 e. The van der Waals surface area contributed by atoms with Crippen molar-refractivity contribution in [3.05, 3.63) is 30.1 Å². The van der Waals surface area contributed by atoms with Crippen LogP contribution in [0.15, 0.2) is 24.5 Å². The van der Waals surface area contributed by atoms with Gasteiger partial charge in [0.2, 0.25) is 5.91 Å². The normalized spacial score (nSPS) is 17.0. The monoisotopic (exact) mass is 247 g/mol. The van der Waals surface area contributed by atoms with Gasteiger partial charge in [0.1, 0.15) is 0 Å². The highest BCUT2D eigenvalue weighted by atomic mass is 16.2. The predicted octanol–water partition coefficient (Wildman–Crippen LogP) is 1.70. The minimum Gasteiger partial charge on any atom is -0.339 e. The van der Waals surface area contributed by atoms with Crippen molar-refractivity contribution in [2.24, 2.45) is 5.73 Å². The van der Waals surface area contributed by atoms with Crippen LogP contribution in [0, 0.1) is 0 Å². The van der Waals surface area contributed by atoms with Crippen LogP contribution in [0.2, 0.25) is 0 Å². The van der Waals surface area contributed by atoms with Crippen LogP contribution >= 0.6 is 0 Å². The zero-order chi connectivity index (χ0) is 13.0. The lowest BCUT2D eigenvalue weighted by Gasteiger charge is -2.38. The van der Waals surface area contributed by atoms with Gasteiger partial charge in [-0.05, 0) is 43.9 Å². The summed E-state index contributed by atoms with van der Waals surface area (Å²) in [5.41, 5.74) is 7.01. The molecule has 18 heavy (non-hydrogen) atoms. The second-order valence-corrected chi connectivity index (χ2v) is 5.16. The maximum Gasteiger partial charge on any atom is 0.224 e. The molecule has 1 fully saturated rings. The first kappa shape index (κ1) is 13.0. The number of hydrogen-bond donors (Lipinski definition) is 1. The molecule has 0 radical (unpaired) electrons. The van der Waals surface area contributed by atoms with Crippen LogP contribution in [-0.4, -0.2) is 27.9 Å². The minimum atomic E-state index is -0.233. The smallest absolute Gasteiger partial charge is 0.224 e. The average molecular weight is 247 g/mol. The Bertz CT molecular complexity index is 401. The fraction of sp³-hybridized carbons (Fsp3) is 0.571. The van der Waals surface area contributed by atoms with Crippen molar-refractivity contribution in [2.45, 2.75) is 44.7 Å². The van der Waals surface area contributed by atoms with E-state index in [9.17, 15) is 4.79 Å². The summed E-state index contributed by atoms with van der Waals surface area (Å²) in [5, 5.41) is 0. The molecular weight excluding hydrogens is 226 g/mol. The van der Waals surface area contributed by atoms with Gasteiger partial charge in [-0.2, -0.15) is 0 Å². The first-order valence-electron chi connectivity index (χ1n) is 6.58. The summed E-state index contributed by atoms with van der Waals surface area (Å²) in [6.07, 6.45) is 7.09. The van der Waals surface area contributed by atoms with Crippen LogP contribution < -0.4 is 5.73 Å². The molecule has 0 aromatic carbocycles. The Labute approximate surface area is 108 Å². The zero-order valence-electron chi connectivity index (χ0n) is 10.9. The molecule has 98 valence electrons. The third kappa shape index (κ3) is 3.07. The van der Waals surface area contributed by atoms with Crippen LogP contribution in [0.25, 0.3) is 0 Å². The molecular formula is C14H21N3O. The number of hydrogen-bond acceptors (Lipinski definition) is 3. The molecule has 0 atom stereocenters. The highest BCUT2D eigenvalue weighted by molar-refractivity contribution is 5.77. The highest BCUT2D eigenvalue weighted by Gasteiger charge is 2.35. The molecule has 2 rings (SSSR count). The molecule has 1 aromatic heterocycles. The quantitative estimate of drug-likeness (QED) is 0.861. The number of nitrogens with zero attached hydrogens (tertiary/aromatic N) is 2.